The second-order valence-corrected chi connectivity index (χ2v) is 9.89. The van der Waals surface area contributed by atoms with Crippen LogP contribution < -0.4 is 5.56 Å². The minimum atomic E-state index is -3.63. The van der Waals surface area contributed by atoms with E-state index in [1.54, 1.807) is 32.9 Å². The summed E-state index contributed by atoms with van der Waals surface area (Å²) in [6.45, 7) is 8.23. The van der Waals surface area contributed by atoms with E-state index in [9.17, 15) is 18.0 Å². The van der Waals surface area contributed by atoms with Gasteiger partial charge in [-0.2, -0.15) is 4.31 Å². The maximum atomic E-state index is 13.3. The van der Waals surface area contributed by atoms with Crippen molar-refractivity contribution in [3.05, 3.63) is 75.7 Å². The first-order valence-corrected chi connectivity index (χ1v) is 13.4. The van der Waals surface area contributed by atoms with E-state index in [4.69, 9.17) is 4.74 Å². The van der Waals surface area contributed by atoms with Crippen molar-refractivity contribution < 1.29 is 17.9 Å². The lowest BCUT2D eigenvalue weighted by Crippen LogP contribution is -2.30. The molecular formula is C26H32N4O5S. The Kier molecular flexibility index (Phi) is 9.00. The Morgan fingerprint density at radius 3 is 2.33 bits per heavy atom. The molecule has 2 aromatic carbocycles. The number of para-hydroxylation sites is 1. The fourth-order valence-electron chi connectivity index (χ4n) is 3.85. The molecule has 0 saturated heterocycles. The second kappa shape index (κ2) is 12.0. The maximum Gasteiger partial charge on any atom is 0.311 e. The van der Waals surface area contributed by atoms with Crippen molar-refractivity contribution in [2.24, 2.45) is 4.99 Å². The van der Waals surface area contributed by atoms with Crippen LogP contribution in [0.4, 0.5) is 5.69 Å². The topological polar surface area (TPSA) is 114 Å². The standard InChI is InChI=1S/C26H32N4O5S/c1-5-19-11-9-10-12-23(19)27-18-22-24(17-25(31)35-8-4)28-30(26(22)32)20-13-15-21(16-14-20)36(33,34)29(6-2)7-3/h9-16,18,28H,5-8,17H2,1-4H3. The molecule has 0 saturated carbocycles. The van der Waals surface area contributed by atoms with Gasteiger partial charge in [-0.1, -0.05) is 39.0 Å². The number of nitrogens with zero attached hydrogens (tertiary/aromatic N) is 3. The number of carbonyl (C=O) groups excluding carboxylic acids is 1. The summed E-state index contributed by atoms with van der Waals surface area (Å²) in [7, 11) is -3.63. The molecule has 3 rings (SSSR count). The van der Waals surface area contributed by atoms with Crippen LogP contribution in [0.2, 0.25) is 0 Å². The van der Waals surface area contributed by atoms with Crippen LogP contribution in [0.3, 0.4) is 0 Å². The molecule has 0 atom stereocenters. The number of hydrogen-bond donors (Lipinski definition) is 1. The van der Waals surface area contributed by atoms with Crippen molar-refractivity contribution in [3.8, 4) is 5.69 Å². The number of hydrogen-bond acceptors (Lipinski definition) is 6. The van der Waals surface area contributed by atoms with Crippen LogP contribution in [0.1, 0.15) is 44.5 Å². The third kappa shape index (κ3) is 5.83. The number of ether oxygens (including phenoxy) is 1. The van der Waals surface area contributed by atoms with E-state index in [-0.39, 0.29) is 23.5 Å². The molecule has 0 radical (unpaired) electrons. The third-order valence-electron chi connectivity index (χ3n) is 5.78. The van der Waals surface area contributed by atoms with Gasteiger partial charge in [-0.15, -0.1) is 0 Å². The first kappa shape index (κ1) is 27.1. The fraction of sp³-hybridized carbons (Fsp3) is 0.346. The van der Waals surface area contributed by atoms with Crippen molar-refractivity contribution in [3.63, 3.8) is 0 Å². The summed E-state index contributed by atoms with van der Waals surface area (Å²) in [4.78, 5) is 30.2. The summed E-state index contributed by atoms with van der Waals surface area (Å²) < 4.78 is 33.3. The van der Waals surface area contributed by atoms with Crippen LogP contribution in [0.5, 0.6) is 0 Å². The molecule has 0 amide bonds. The number of aryl methyl sites for hydroxylation is 1. The van der Waals surface area contributed by atoms with E-state index < -0.39 is 21.6 Å². The van der Waals surface area contributed by atoms with Gasteiger partial charge in [0.15, 0.2) is 0 Å². The first-order chi connectivity index (χ1) is 17.3. The Morgan fingerprint density at radius 1 is 1.06 bits per heavy atom. The lowest BCUT2D eigenvalue weighted by atomic mass is 10.1. The highest BCUT2D eigenvalue weighted by atomic mass is 32.2. The third-order valence-corrected chi connectivity index (χ3v) is 7.84. The molecule has 0 aliphatic rings. The number of esters is 1. The van der Waals surface area contributed by atoms with Crippen molar-refractivity contribution >= 4 is 27.9 Å². The van der Waals surface area contributed by atoms with E-state index in [0.29, 0.717) is 24.5 Å². The molecule has 9 nitrogen and oxygen atoms in total. The number of benzene rings is 2. The summed E-state index contributed by atoms with van der Waals surface area (Å²) in [6, 6.07) is 13.7. The average molecular weight is 513 g/mol. The van der Waals surface area contributed by atoms with E-state index in [2.05, 4.69) is 10.1 Å². The lowest BCUT2D eigenvalue weighted by molar-refractivity contribution is -0.142. The number of aliphatic imine (C=N–C) groups is 1. The lowest BCUT2D eigenvalue weighted by Gasteiger charge is -2.18. The number of sulfonamides is 1. The van der Waals surface area contributed by atoms with Crippen molar-refractivity contribution in [2.75, 3.05) is 19.7 Å². The van der Waals surface area contributed by atoms with Crippen LogP contribution >= 0.6 is 0 Å². The highest BCUT2D eigenvalue weighted by Gasteiger charge is 2.22. The minimum Gasteiger partial charge on any atom is -0.466 e. The summed E-state index contributed by atoms with van der Waals surface area (Å²) in [5.41, 5.74) is 2.37. The summed E-state index contributed by atoms with van der Waals surface area (Å²) >= 11 is 0. The molecule has 36 heavy (non-hydrogen) atoms. The molecule has 0 fully saturated rings. The molecule has 0 unspecified atom stereocenters. The number of aromatic nitrogens is 2. The molecule has 1 N–H and O–H groups in total. The van der Waals surface area contributed by atoms with Crippen molar-refractivity contribution in [2.45, 2.75) is 45.4 Å². The van der Waals surface area contributed by atoms with Gasteiger partial charge in [-0.05, 0) is 49.2 Å². The average Bonchev–Trinajstić information content (AvgIpc) is 3.18. The Labute approximate surface area is 211 Å². The van der Waals surface area contributed by atoms with Gasteiger partial charge < -0.3 is 4.74 Å². The van der Waals surface area contributed by atoms with Crippen molar-refractivity contribution in [1.82, 2.24) is 14.1 Å². The summed E-state index contributed by atoms with van der Waals surface area (Å²) in [6.07, 6.45) is 2.10. The number of rotatable bonds is 11. The van der Waals surface area contributed by atoms with Gasteiger partial charge in [0.1, 0.15) is 0 Å². The van der Waals surface area contributed by atoms with Gasteiger partial charge in [-0.3, -0.25) is 19.7 Å². The normalized spacial score (nSPS) is 11.9. The summed E-state index contributed by atoms with van der Waals surface area (Å²) in [5, 5.41) is 2.98. The highest BCUT2D eigenvalue weighted by molar-refractivity contribution is 7.89. The molecule has 1 heterocycles. The number of carbonyl (C=O) groups is 1. The van der Waals surface area contributed by atoms with Gasteiger partial charge in [0.2, 0.25) is 10.0 Å². The largest absolute Gasteiger partial charge is 0.466 e. The number of nitrogens with one attached hydrogen (secondary N) is 1. The predicted molar refractivity (Wildman–Crippen MR) is 140 cm³/mol. The zero-order valence-electron chi connectivity index (χ0n) is 21.0. The zero-order valence-corrected chi connectivity index (χ0v) is 21.8. The van der Waals surface area contributed by atoms with Crippen molar-refractivity contribution in [1.29, 1.82) is 0 Å². The van der Waals surface area contributed by atoms with Gasteiger partial charge in [0.25, 0.3) is 5.56 Å². The molecule has 0 aliphatic carbocycles. The Morgan fingerprint density at radius 2 is 1.72 bits per heavy atom. The summed E-state index contributed by atoms with van der Waals surface area (Å²) in [5.74, 6) is -0.477. The first-order valence-electron chi connectivity index (χ1n) is 12.0. The molecule has 192 valence electrons. The van der Waals surface area contributed by atoms with Gasteiger partial charge in [-0.25, -0.2) is 13.1 Å². The van der Waals surface area contributed by atoms with E-state index >= 15 is 0 Å². The number of aromatic amines is 1. The minimum absolute atomic E-state index is 0.138. The molecule has 1 aromatic heterocycles. The fourth-order valence-corrected chi connectivity index (χ4v) is 5.31. The highest BCUT2D eigenvalue weighted by Crippen LogP contribution is 2.20. The van der Waals surface area contributed by atoms with Crippen LogP contribution in [0, 0.1) is 0 Å². The maximum absolute atomic E-state index is 13.3. The van der Waals surface area contributed by atoms with Crippen LogP contribution in [0.15, 0.2) is 63.2 Å². The van der Waals surface area contributed by atoms with E-state index in [0.717, 1.165) is 17.7 Å². The van der Waals surface area contributed by atoms with Gasteiger partial charge in [0, 0.05) is 19.3 Å². The SMILES string of the molecule is CCOC(=O)Cc1[nH]n(-c2ccc(S(=O)(=O)N(CC)CC)cc2)c(=O)c1C=Nc1ccccc1CC. The van der Waals surface area contributed by atoms with Crippen LogP contribution in [-0.2, 0) is 32.4 Å². The monoisotopic (exact) mass is 512 g/mol. The molecule has 3 aromatic rings. The predicted octanol–water partition coefficient (Wildman–Crippen LogP) is 3.61. The van der Waals surface area contributed by atoms with Gasteiger partial charge >= 0.3 is 5.97 Å². The van der Waals surface area contributed by atoms with Crippen LogP contribution in [0.25, 0.3) is 5.69 Å². The molecule has 0 spiro atoms. The quantitative estimate of drug-likeness (QED) is 0.311. The Hall–Kier alpha value is -3.50. The number of H-pyrrole nitrogens is 1. The van der Waals surface area contributed by atoms with Gasteiger partial charge in [0.05, 0.1) is 40.6 Å². The second-order valence-electron chi connectivity index (χ2n) is 7.95. The molecule has 0 aliphatic heterocycles. The van der Waals surface area contributed by atoms with E-state index in [1.165, 1.54) is 27.3 Å². The Balaban J connectivity index is 2.04. The smallest absolute Gasteiger partial charge is 0.311 e. The Bertz CT molecular complexity index is 1380. The molecule has 10 heteroatoms. The van der Waals surface area contributed by atoms with E-state index in [1.807, 2.05) is 31.2 Å². The van der Waals surface area contributed by atoms with Crippen LogP contribution in [-0.4, -0.2) is 54.4 Å². The zero-order chi connectivity index (χ0) is 26.3. The molecule has 0 bridgehead atoms. The molecular weight excluding hydrogens is 480 g/mol.